The lowest BCUT2D eigenvalue weighted by Crippen LogP contribution is -2.36. The SMILES string of the molecule is O=C(O)c1ccc(NC(=O)N2CCCSCC2)c(Br)c1. The molecule has 2 N–H and O–H groups in total. The molecular formula is C13H15BrN2O3S. The number of hydrogen-bond donors (Lipinski definition) is 2. The molecule has 0 aliphatic carbocycles. The van der Waals surface area contributed by atoms with Crippen LogP contribution in [0.25, 0.3) is 0 Å². The van der Waals surface area contributed by atoms with E-state index in [2.05, 4.69) is 21.2 Å². The van der Waals surface area contributed by atoms with Crippen molar-refractivity contribution in [3.63, 3.8) is 0 Å². The van der Waals surface area contributed by atoms with Gasteiger partial charge in [-0.05, 0) is 46.3 Å². The second kappa shape index (κ2) is 6.99. The van der Waals surface area contributed by atoms with Gasteiger partial charge in [-0.2, -0.15) is 11.8 Å². The van der Waals surface area contributed by atoms with Crippen LogP contribution in [0.15, 0.2) is 22.7 Å². The Labute approximate surface area is 129 Å². The van der Waals surface area contributed by atoms with Crippen LogP contribution >= 0.6 is 27.7 Å². The summed E-state index contributed by atoms with van der Waals surface area (Å²) >= 11 is 5.14. The Kier molecular flexibility index (Phi) is 5.31. The predicted octanol–water partition coefficient (Wildman–Crippen LogP) is 3.12. The first-order valence-corrected chi connectivity index (χ1v) is 8.19. The molecule has 1 fully saturated rings. The molecule has 1 saturated heterocycles. The second-order valence-electron chi connectivity index (χ2n) is 4.38. The van der Waals surface area contributed by atoms with Gasteiger partial charge in [0.1, 0.15) is 0 Å². The average Bonchev–Trinajstić information content (AvgIpc) is 2.69. The second-order valence-corrected chi connectivity index (χ2v) is 6.46. The van der Waals surface area contributed by atoms with E-state index in [0.29, 0.717) is 10.2 Å². The average molecular weight is 359 g/mol. The zero-order chi connectivity index (χ0) is 14.5. The molecule has 1 aliphatic rings. The molecule has 1 heterocycles. The number of carboxylic acids is 1. The minimum atomic E-state index is -0.992. The Bertz CT molecular complexity index is 516. The van der Waals surface area contributed by atoms with E-state index < -0.39 is 5.97 Å². The number of urea groups is 1. The molecule has 7 heteroatoms. The highest BCUT2D eigenvalue weighted by Crippen LogP contribution is 2.24. The number of amides is 2. The Morgan fingerprint density at radius 2 is 2.10 bits per heavy atom. The summed E-state index contributed by atoms with van der Waals surface area (Å²) in [5.41, 5.74) is 0.762. The quantitative estimate of drug-likeness (QED) is 0.851. The largest absolute Gasteiger partial charge is 0.478 e. The summed E-state index contributed by atoms with van der Waals surface area (Å²) in [6, 6.07) is 4.41. The van der Waals surface area contributed by atoms with Crippen molar-refractivity contribution in [1.29, 1.82) is 0 Å². The van der Waals surface area contributed by atoms with E-state index in [-0.39, 0.29) is 11.6 Å². The lowest BCUT2D eigenvalue weighted by molar-refractivity contribution is 0.0697. The summed E-state index contributed by atoms with van der Waals surface area (Å²) in [6.07, 6.45) is 0.997. The summed E-state index contributed by atoms with van der Waals surface area (Å²) < 4.78 is 0.565. The highest BCUT2D eigenvalue weighted by Gasteiger charge is 2.17. The van der Waals surface area contributed by atoms with Crippen LogP contribution in [0.2, 0.25) is 0 Å². The van der Waals surface area contributed by atoms with Gasteiger partial charge in [-0.15, -0.1) is 0 Å². The molecule has 0 atom stereocenters. The molecule has 0 spiro atoms. The summed E-state index contributed by atoms with van der Waals surface area (Å²) in [5, 5.41) is 11.7. The molecule has 108 valence electrons. The molecule has 20 heavy (non-hydrogen) atoms. The van der Waals surface area contributed by atoms with Crippen molar-refractivity contribution in [1.82, 2.24) is 4.90 Å². The van der Waals surface area contributed by atoms with E-state index in [4.69, 9.17) is 5.11 Å². The zero-order valence-electron chi connectivity index (χ0n) is 10.8. The first kappa shape index (κ1) is 15.2. The van der Waals surface area contributed by atoms with Gasteiger partial charge < -0.3 is 15.3 Å². The Hall–Kier alpha value is -1.21. The molecule has 0 radical (unpaired) electrons. The third-order valence-electron chi connectivity index (χ3n) is 2.97. The number of anilines is 1. The maximum Gasteiger partial charge on any atom is 0.335 e. The summed E-state index contributed by atoms with van der Waals surface area (Å²) in [7, 11) is 0. The van der Waals surface area contributed by atoms with E-state index in [0.717, 1.165) is 31.0 Å². The van der Waals surface area contributed by atoms with Crippen LogP contribution < -0.4 is 5.32 Å². The van der Waals surface area contributed by atoms with Gasteiger partial charge in [0.15, 0.2) is 0 Å². The Morgan fingerprint density at radius 3 is 2.80 bits per heavy atom. The fourth-order valence-electron chi connectivity index (χ4n) is 1.89. The Balaban J connectivity index is 2.05. The van der Waals surface area contributed by atoms with Crippen LogP contribution in [-0.2, 0) is 0 Å². The molecule has 5 nitrogen and oxygen atoms in total. The van der Waals surface area contributed by atoms with Gasteiger partial charge in [0.2, 0.25) is 0 Å². The number of nitrogens with zero attached hydrogens (tertiary/aromatic N) is 1. The predicted molar refractivity (Wildman–Crippen MR) is 83.6 cm³/mol. The summed E-state index contributed by atoms with van der Waals surface area (Å²) in [4.78, 5) is 24.8. The number of carbonyl (C=O) groups excluding carboxylic acids is 1. The number of thioether (sulfide) groups is 1. The molecule has 2 amide bonds. The van der Waals surface area contributed by atoms with Gasteiger partial charge in [0, 0.05) is 23.3 Å². The van der Waals surface area contributed by atoms with E-state index in [1.54, 1.807) is 11.0 Å². The highest BCUT2D eigenvalue weighted by atomic mass is 79.9. The number of benzene rings is 1. The maximum absolute atomic E-state index is 12.2. The van der Waals surface area contributed by atoms with Crippen molar-refractivity contribution >= 4 is 45.4 Å². The van der Waals surface area contributed by atoms with Crippen LogP contribution in [0.3, 0.4) is 0 Å². The van der Waals surface area contributed by atoms with Crippen LogP contribution in [0.5, 0.6) is 0 Å². The molecule has 2 rings (SSSR count). The van der Waals surface area contributed by atoms with Gasteiger partial charge >= 0.3 is 12.0 Å². The standard InChI is InChI=1S/C13H15BrN2O3S/c14-10-8-9(12(17)18)2-3-11(10)15-13(19)16-4-1-6-20-7-5-16/h2-3,8H,1,4-7H2,(H,15,19)(H,17,18). The maximum atomic E-state index is 12.2. The van der Waals surface area contributed by atoms with Crippen molar-refractivity contribution in [3.05, 3.63) is 28.2 Å². The Morgan fingerprint density at radius 1 is 1.30 bits per heavy atom. The first-order chi connectivity index (χ1) is 9.58. The van der Waals surface area contributed by atoms with Crippen LogP contribution in [-0.4, -0.2) is 46.6 Å². The van der Waals surface area contributed by atoms with Crippen molar-refractivity contribution in [3.8, 4) is 0 Å². The first-order valence-electron chi connectivity index (χ1n) is 6.24. The number of nitrogens with one attached hydrogen (secondary N) is 1. The van der Waals surface area contributed by atoms with Crippen LogP contribution in [0.1, 0.15) is 16.8 Å². The minimum absolute atomic E-state index is 0.142. The number of hydrogen-bond acceptors (Lipinski definition) is 3. The molecule has 1 aromatic carbocycles. The molecule has 1 aromatic rings. The van der Waals surface area contributed by atoms with Gasteiger partial charge in [-0.3, -0.25) is 0 Å². The lowest BCUT2D eigenvalue weighted by atomic mass is 10.2. The molecular weight excluding hydrogens is 344 g/mol. The zero-order valence-corrected chi connectivity index (χ0v) is 13.2. The van der Waals surface area contributed by atoms with Gasteiger partial charge in [-0.25, -0.2) is 9.59 Å². The van der Waals surface area contributed by atoms with Gasteiger partial charge in [0.05, 0.1) is 11.3 Å². The van der Waals surface area contributed by atoms with Gasteiger partial charge in [0.25, 0.3) is 0 Å². The number of halogens is 1. The molecule has 0 bridgehead atoms. The normalized spacial score (nSPS) is 15.6. The number of carboxylic acid groups (broad SMARTS) is 1. The minimum Gasteiger partial charge on any atom is -0.478 e. The number of aromatic carboxylic acids is 1. The van der Waals surface area contributed by atoms with Crippen molar-refractivity contribution in [2.24, 2.45) is 0 Å². The topological polar surface area (TPSA) is 69.6 Å². The highest BCUT2D eigenvalue weighted by molar-refractivity contribution is 9.10. The van der Waals surface area contributed by atoms with Crippen molar-refractivity contribution in [2.45, 2.75) is 6.42 Å². The summed E-state index contributed by atoms with van der Waals surface area (Å²) in [6.45, 7) is 1.49. The molecule has 0 unspecified atom stereocenters. The van der Waals surface area contributed by atoms with Gasteiger partial charge in [-0.1, -0.05) is 0 Å². The fourth-order valence-corrected chi connectivity index (χ4v) is 3.26. The smallest absolute Gasteiger partial charge is 0.335 e. The number of rotatable bonds is 2. The number of carbonyl (C=O) groups is 2. The van der Waals surface area contributed by atoms with Crippen LogP contribution in [0, 0.1) is 0 Å². The van der Waals surface area contributed by atoms with E-state index in [9.17, 15) is 9.59 Å². The third-order valence-corrected chi connectivity index (χ3v) is 4.67. The van der Waals surface area contributed by atoms with E-state index in [1.807, 2.05) is 11.8 Å². The fraction of sp³-hybridized carbons (Fsp3) is 0.385. The van der Waals surface area contributed by atoms with E-state index >= 15 is 0 Å². The van der Waals surface area contributed by atoms with E-state index in [1.165, 1.54) is 12.1 Å². The molecule has 1 aliphatic heterocycles. The third kappa shape index (κ3) is 3.89. The molecule has 0 aromatic heterocycles. The van der Waals surface area contributed by atoms with Crippen LogP contribution in [0.4, 0.5) is 10.5 Å². The summed E-state index contributed by atoms with van der Waals surface area (Å²) in [5.74, 6) is 1.04. The van der Waals surface area contributed by atoms with Crippen molar-refractivity contribution < 1.29 is 14.7 Å². The molecule has 0 saturated carbocycles. The van der Waals surface area contributed by atoms with Crippen molar-refractivity contribution in [2.75, 3.05) is 29.9 Å². The monoisotopic (exact) mass is 358 g/mol. The lowest BCUT2D eigenvalue weighted by Gasteiger charge is -2.21.